The van der Waals surface area contributed by atoms with Crippen molar-refractivity contribution in [1.82, 2.24) is 5.32 Å². The molecule has 1 unspecified atom stereocenters. The quantitative estimate of drug-likeness (QED) is 0.906. The van der Waals surface area contributed by atoms with E-state index in [-0.39, 0.29) is 6.10 Å². The van der Waals surface area contributed by atoms with Gasteiger partial charge in [-0.3, -0.25) is 0 Å². The van der Waals surface area contributed by atoms with Gasteiger partial charge in [0.15, 0.2) is 0 Å². The van der Waals surface area contributed by atoms with Gasteiger partial charge in [0.25, 0.3) is 0 Å². The fraction of sp³-hybridized carbons (Fsp3) is 0.500. The lowest BCUT2D eigenvalue weighted by Gasteiger charge is -2.12. The zero-order valence-electron chi connectivity index (χ0n) is 10.8. The van der Waals surface area contributed by atoms with E-state index in [0.717, 1.165) is 42.0 Å². The zero-order valence-corrected chi connectivity index (χ0v) is 11.5. The predicted octanol–water partition coefficient (Wildman–Crippen LogP) is 2.49. The summed E-state index contributed by atoms with van der Waals surface area (Å²) in [6.45, 7) is 0.437. The lowest BCUT2D eigenvalue weighted by Crippen LogP contribution is -2.34. The Labute approximate surface area is 117 Å². The van der Waals surface area contributed by atoms with E-state index in [1.807, 2.05) is 0 Å². The van der Waals surface area contributed by atoms with Crippen molar-refractivity contribution in [3.05, 3.63) is 27.8 Å². The molecule has 0 aromatic heterocycles. The van der Waals surface area contributed by atoms with Crippen molar-refractivity contribution >= 4 is 17.7 Å². The summed E-state index contributed by atoms with van der Waals surface area (Å²) in [7, 11) is 1.35. The average molecular weight is 282 g/mol. The third-order valence-electron chi connectivity index (χ3n) is 3.77. The van der Waals surface area contributed by atoms with Crippen LogP contribution in [0.1, 0.15) is 23.1 Å². The number of amides is 1. The van der Waals surface area contributed by atoms with Crippen LogP contribution in [0.5, 0.6) is 5.75 Å². The Kier molecular flexibility index (Phi) is 3.27. The standard InChI is InChI=1S/C14H16ClNO3/c1-18-14(17)16-7-9-6-11-12(15)5-8-3-2-4-10(8)13(11)19-9/h5,9H,2-4,6-7H2,1H3,(H,16,17). The van der Waals surface area contributed by atoms with Crippen molar-refractivity contribution in [2.24, 2.45) is 0 Å². The summed E-state index contributed by atoms with van der Waals surface area (Å²) in [5.74, 6) is 0.955. The van der Waals surface area contributed by atoms with Gasteiger partial charge in [0.05, 0.1) is 13.7 Å². The Hall–Kier alpha value is -1.42. The van der Waals surface area contributed by atoms with Crippen LogP contribution in [0.25, 0.3) is 0 Å². The monoisotopic (exact) mass is 281 g/mol. The second-order valence-electron chi connectivity index (χ2n) is 4.97. The lowest BCUT2D eigenvalue weighted by molar-refractivity contribution is 0.161. The van der Waals surface area contributed by atoms with Crippen LogP contribution in [0.4, 0.5) is 4.79 Å². The van der Waals surface area contributed by atoms with Crippen LogP contribution in [0, 0.1) is 0 Å². The van der Waals surface area contributed by atoms with Crippen LogP contribution in [0.3, 0.4) is 0 Å². The largest absolute Gasteiger partial charge is 0.488 e. The molecule has 102 valence electrons. The van der Waals surface area contributed by atoms with Crippen molar-refractivity contribution in [3.63, 3.8) is 0 Å². The third-order valence-corrected chi connectivity index (χ3v) is 4.11. The smallest absolute Gasteiger partial charge is 0.406 e. The van der Waals surface area contributed by atoms with Crippen molar-refractivity contribution in [2.75, 3.05) is 13.7 Å². The number of carbonyl (C=O) groups excluding carboxylic acids is 1. The summed E-state index contributed by atoms with van der Waals surface area (Å²) >= 11 is 6.32. The van der Waals surface area contributed by atoms with Crippen LogP contribution in [0.15, 0.2) is 6.07 Å². The van der Waals surface area contributed by atoms with E-state index < -0.39 is 6.09 Å². The highest BCUT2D eigenvalue weighted by atomic mass is 35.5. The van der Waals surface area contributed by atoms with Crippen molar-refractivity contribution in [3.8, 4) is 5.75 Å². The van der Waals surface area contributed by atoms with Gasteiger partial charge < -0.3 is 14.8 Å². The Morgan fingerprint density at radius 2 is 2.37 bits per heavy atom. The molecule has 0 bridgehead atoms. The first kappa shape index (κ1) is 12.6. The summed E-state index contributed by atoms with van der Waals surface area (Å²) in [6.07, 6.45) is 3.56. The maximum atomic E-state index is 11.1. The normalized spacial score (nSPS) is 19.6. The SMILES string of the molecule is COC(=O)NCC1Cc2c(Cl)cc3c(c2O1)CCC3. The van der Waals surface area contributed by atoms with Gasteiger partial charge in [-0.15, -0.1) is 0 Å². The minimum atomic E-state index is -0.434. The molecule has 0 saturated carbocycles. The number of carbonyl (C=O) groups is 1. The number of ether oxygens (including phenoxy) is 2. The van der Waals surface area contributed by atoms with Crippen molar-refractivity contribution < 1.29 is 14.3 Å². The molecule has 0 spiro atoms. The van der Waals surface area contributed by atoms with Crippen molar-refractivity contribution in [1.29, 1.82) is 0 Å². The van der Waals surface area contributed by atoms with E-state index in [2.05, 4.69) is 16.1 Å². The molecule has 4 nitrogen and oxygen atoms in total. The summed E-state index contributed by atoms with van der Waals surface area (Å²) in [6, 6.07) is 2.07. The first-order valence-corrected chi connectivity index (χ1v) is 6.88. The van der Waals surface area contributed by atoms with Crippen LogP contribution < -0.4 is 10.1 Å². The number of hydrogen-bond acceptors (Lipinski definition) is 3. The molecular weight excluding hydrogens is 266 g/mol. The minimum absolute atomic E-state index is 0.0568. The van der Waals surface area contributed by atoms with E-state index in [4.69, 9.17) is 16.3 Å². The van der Waals surface area contributed by atoms with Gasteiger partial charge in [0.1, 0.15) is 11.9 Å². The molecule has 19 heavy (non-hydrogen) atoms. The Morgan fingerprint density at radius 3 is 3.16 bits per heavy atom. The molecule has 5 heteroatoms. The maximum absolute atomic E-state index is 11.1. The number of benzene rings is 1. The molecule has 1 amide bonds. The molecule has 2 aliphatic rings. The molecule has 0 radical (unpaired) electrons. The summed E-state index contributed by atoms with van der Waals surface area (Å²) in [4.78, 5) is 11.1. The van der Waals surface area contributed by atoms with Crippen LogP contribution in [-0.4, -0.2) is 25.9 Å². The molecule has 1 aromatic rings. The predicted molar refractivity (Wildman–Crippen MR) is 72.0 cm³/mol. The third kappa shape index (κ3) is 2.25. The lowest BCUT2D eigenvalue weighted by atomic mass is 10.0. The van der Waals surface area contributed by atoms with Gasteiger partial charge in [-0.2, -0.15) is 0 Å². The number of methoxy groups -OCH3 is 1. The topological polar surface area (TPSA) is 47.6 Å². The van der Waals surface area contributed by atoms with Gasteiger partial charge >= 0.3 is 6.09 Å². The number of rotatable bonds is 2. The fourth-order valence-corrected chi connectivity index (χ4v) is 3.16. The molecule has 3 rings (SSSR count). The summed E-state index contributed by atoms with van der Waals surface area (Å²) < 4.78 is 10.5. The number of alkyl carbamates (subject to hydrolysis) is 1. The molecular formula is C14H16ClNO3. The molecule has 1 aliphatic carbocycles. The van der Waals surface area contributed by atoms with E-state index >= 15 is 0 Å². The molecule has 0 fully saturated rings. The molecule has 0 saturated heterocycles. The molecule has 1 heterocycles. The van der Waals surface area contributed by atoms with Gasteiger partial charge in [0, 0.05) is 17.0 Å². The van der Waals surface area contributed by atoms with Gasteiger partial charge in [-0.05, 0) is 36.5 Å². The Morgan fingerprint density at radius 1 is 1.53 bits per heavy atom. The number of halogens is 1. The van der Waals surface area contributed by atoms with E-state index in [1.54, 1.807) is 0 Å². The fourth-order valence-electron chi connectivity index (χ4n) is 2.87. The molecule has 1 N–H and O–H groups in total. The summed E-state index contributed by atoms with van der Waals surface area (Å²) in [5, 5.41) is 3.46. The first-order chi connectivity index (χ1) is 9.19. The summed E-state index contributed by atoms with van der Waals surface area (Å²) in [5.41, 5.74) is 3.70. The highest BCUT2D eigenvalue weighted by Crippen LogP contribution is 2.42. The second kappa shape index (κ2) is 4.93. The van der Waals surface area contributed by atoms with Gasteiger partial charge in [-0.25, -0.2) is 4.79 Å². The number of fused-ring (bicyclic) bond motifs is 3. The van der Waals surface area contributed by atoms with Crippen LogP contribution >= 0.6 is 11.6 Å². The second-order valence-corrected chi connectivity index (χ2v) is 5.38. The van der Waals surface area contributed by atoms with Crippen LogP contribution in [0.2, 0.25) is 5.02 Å². The average Bonchev–Trinajstić information content (AvgIpc) is 3.01. The van der Waals surface area contributed by atoms with Crippen molar-refractivity contribution in [2.45, 2.75) is 31.8 Å². The van der Waals surface area contributed by atoms with Gasteiger partial charge in [-0.1, -0.05) is 11.6 Å². The molecule has 1 aliphatic heterocycles. The maximum Gasteiger partial charge on any atom is 0.406 e. The number of hydrogen-bond donors (Lipinski definition) is 1. The van der Waals surface area contributed by atoms with E-state index in [0.29, 0.717) is 6.54 Å². The van der Waals surface area contributed by atoms with Gasteiger partial charge in [0.2, 0.25) is 0 Å². The Balaban J connectivity index is 1.77. The minimum Gasteiger partial charge on any atom is -0.488 e. The van der Waals surface area contributed by atoms with E-state index in [9.17, 15) is 4.79 Å². The van der Waals surface area contributed by atoms with E-state index in [1.165, 1.54) is 18.2 Å². The number of nitrogens with one attached hydrogen (secondary N) is 1. The van der Waals surface area contributed by atoms with Crippen LogP contribution in [-0.2, 0) is 24.0 Å². The Bertz CT molecular complexity index is 530. The first-order valence-electron chi connectivity index (χ1n) is 6.50. The highest BCUT2D eigenvalue weighted by Gasteiger charge is 2.31. The highest BCUT2D eigenvalue weighted by molar-refractivity contribution is 6.31. The molecule has 1 aromatic carbocycles. The molecule has 1 atom stereocenters. The number of aryl methyl sites for hydroxylation is 1. The zero-order chi connectivity index (χ0) is 13.4.